The maximum Gasteiger partial charge on any atom is 0.252 e. The molecule has 1 aromatic carbocycles. The summed E-state index contributed by atoms with van der Waals surface area (Å²) in [5.74, 6) is 0.702. The number of nitrogens with one attached hydrogen (secondary N) is 1. The lowest BCUT2D eigenvalue weighted by molar-refractivity contribution is 0.0946. The Morgan fingerprint density at radius 1 is 1.39 bits per heavy atom. The fraction of sp³-hybridized carbons (Fsp3) is 0.471. The summed E-state index contributed by atoms with van der Waals surface area (Å²) in [4.78, 5) is 17.8. The van der Waals surface area contributed by atoms with Crippen molar-refractivity contribution in [3.05, 3.63) is 41.5 Å². The van der Waals surface area contributed by atoms with Crippen molar-refractivity contribution < 1.29 is 4.79 Å². The van der Waals surface area contributed by atoms with E-state index in [1.807, 2.05) is 31.8 Å². The minimum Gasteiger partial charge on any atom is -0.345 e. The molecule has 23 heavy (non-hydrogen) atoms. The normalized spacial score (nSPS) is 15.0. The molecule has 0 unspecified atom stereocenters. The van der Waals surface area contributed by atoms with Crippen molar-refractivity contribution in [3.63, 3.8) is 0 Å². The lowest BCUT2D eigenvalue weighted by Crippen LogP contribution is -2.25. The number of amides is 1. The van der Waals surface area contributed by atoms with Crippen LogP contribution < -0.4 is 5.32 Å². The van der Waals surface area contributed by atoms with Gasteiger partial charge in [-0.05, 0) is 31.9 Å². The average molecular weight is 330 g/mol. The number of carbonyl (C=O) groups excluding carboxylic acids is 1. The third-order valence-electron chi connectivity index (χ3n) is 4.19. The highest BCUT2D eigenvalue weighted by molar-refractivity contribution is 8.00. The van der Waals surface area contributed by atoms with E-state index >= 15 is 0 Å². The second-order valence-corrected chi connectivity index (χ2v) is 7.35. The minimum atomic E-state index is -0.0443. The Balaban J connectivity index is 1.72. The molecule has 0 spiro atoms. The van der Waals surface area contributed by atoms with Gasteiger partial charge in [0.2, 0.25) is 0 Å². The molecular weight excluding hydrogens is 308 g/mol. The summed E-state index contributed by atoms with van der Waals surface area (Å²) in [6.45, 7) is 2.40. The van der Waals surface area contributed by atoms with Crippen LogP contribution in [0.25, 0.3) is 0 Å². The molecule has 0 aliphatic heterocycles. The van der Waals surface area contributed by atoms with E-state index in [0.717, 1.165) is 21.8 Å². The van der Waals surface area contributed by atoms with Gasteiger partial charge in [-0.2, -0.15) is 5.10 Å². The van der Waals surface area contributed by atoms with Gasteiger partial charge in [-0.25, -0.2) is 4.98 Å². The van der Waals surface area contributed by atoms with Gasteiger partial charge in [0.1, 0.15) is 12.2 Å². The smallest absolute Gasteiger partial charge is 0.252 e. The highest BCUT2D eigenvalue weighted by atomic mass is 32.2. The number of aryl methyl sites for hydroxylation is 2. The topological polar surface area (TPSA) is 59.8 Å². The van der Waals surface area contributed by atoms with Gasteiger partial charge in [-0.15, -0.1) is 11.8 Å². The van der Waals surface area contributed by atoms with Crippen LogP contribution in [0.2, 0.25) is 0 Å². The largest absolute Gasteiger partial charge is 0.345 e. The molecule has 122 valence electrons. The number of rotatable bonds is 5. The molecule has 0 radical (unpaired) electrons. The van der Waals surface area contributed by atoms with Gasteiger partial charge in [0.25, 0.3) is 5.91 Å². The van der Waals surface area contributed by atoms with E-state index in [4.69, 9.17) is 0 Å². The molecule has 0 atom stereocenters. The first-order chi connectivity index (χ1) is 11.1. The standard InChI is InChI=1S/C17H22N4OS/c1-12-7-8-15(23-13-5-3-4-6-13)14(9-12)17(22)18-10-16-19-11-20-21(16)2/h7-9,11,13H,3-6,10H2,1-2H3,(H,18,22). The maximum absolute atomic E-state index is 12.6. The highest BCUT2D eigenvalue weighted by Gasteiger charge is 2.20. The molecular formula is C17H22N4OS. The minimum absolute atomic E-state index is 0.0443. The third kappa shape index (κ3) is 3.93. The Labute approximate surface area is 140 Å². The Bertz CT molecular complexity index is 692. The van der Waals surface area contributed by atoms with Crippen molar-refractivity contribution in [1.82, 2.24) is 20.1 Å². The summed E-state index contributed by atoms with van der Waals surface area (Å²) in [5.41, 5.74) is 1.87. The number of carbonyl (C=O) groups is 1. The lowest BCUT2D eigenvalue weighted by atomic mass is 10.1. The number of hydrogen-bond donors (Lipinski definition) is 1. The molecule has 6 heteroatoms. The van der Waals surface area contributed by atoms with Crippen LogP contribution in [0, 0.1) is 6.92 Å². The summed E-state index contributed by atoms with van der Waals surface area (Å²) in [6, 6.07) is 6.13. The van der Waals surface area contributed by atoms with Crippen molar-refractivity contribution >= 4 is 17.7 Å². The molecule has 1 aliphatic carbocycles. The Hall–Kier alpha value is -1.82. The zero-order valence-electron chi connectivity index (χ0n) is 13.6. The van der Waals surface area contributed by atoms with Crippen LogP contribution in [0.5, 0.6) is 0 Å². The molecule has 0 saturated heterocycles. The second kappa shape index (κ2) is 7.17. The van der Waals surface area contributed by atoms with Gasteiger partial charge in [-0.3, -0.25) is 9.48 Å². The zero-order valence-corrected chi connectivity index (χ0v) is 14.4. The van der Waals surface area contributed by atoms with Gasteiger partial charge in [-0.1, -0.05) is 24.5 Å². The SMILES string of the molecule is Cc1ccc(SC2CCCC2)c(C(=O)NCc2ncnn2C)c1. The fourth-order valence-electron chi connectivity index (χ4n) is 2.84. The maximum atomic E-state index is 12.6. The van der Waals surface area contributed by atoms with Crippen LogP contribution >= 0.6 is 11.8 Å². The van der Waals surface area contributed by atoms with Crippen molar-refractivity contribution in [1.29, 1.82) is 0 Å². The summed E-state index contributed by atoms with van der Waals surface area (Å²) in [5, 5.41) is 7.62. The number of thioether (sulfide) groups is 1. The van der Waals surface area contributed by atoms with Gasteiger partial charge >= 0.3 is 0 Å². The molecule has 5 nitrogen and oxygen atoms in total. The van der Waals surface area contributed by atoms with Gasteiger partial charge in [0, 0.05) is 17.2 Å². The fourth-order valence-corrected chi connectivity index (χ4v) is 4.20. The Morgan fingerprint density at radius 3 is 2.87 bits per heavy atom. The lowest BCUT2D eigenvalue weighted by Gasteiger charge is -2.14. The van der Waals surface area contributed by atoms with Crippen molar-refractivity contribution in [2.75, 3.05) is 0 Å². The Kier molecular flexibility index (Phi) is 5.00. The van der Waals surface area contributed by atoms with E-state index in [-0.39, 0.29) is 5.91 Å². The molecule has 1 saturated carbocycles. The summed E-state index contributed by atoms with van der Waals surface area (Å²) in [7, 11) is 1.82. The summed E-state index contributed by atoms with van der Waals surface area (Å²) < 4.78 is 1.67. The van der Waals surface area contributed by atoms with E-state index < -0.39 is 0 Å². The molecule has 1 amide bonds. The predicted molar refractivity (Wildman–Crippen MR) is 91.5 cm³/mol. The van der Waals surface area contributed by atoms with Crippen LogP contribution in [-0.4, -0.2) is 25.9 Å². The van der Waals surface area contributed by atoms with Crippen molar-refractivity contribution in [3.8, 4) is 0 Å². The molecule has 1 heterocycles. The van der Waals surface area contributed by atoms with Crippen LogP contribution in [0.15, 0.2) is 29.4 Å². The monoisotopic (exact) mass is 330 g/mol. The number of benzene rings is 1. The van der Waals surface area contributed by atoms with Crippen molar-refractivity contribution in [2.24, 2.45) is 7.05 Å². The molecule has 1 aliphatic rings. The summed E-state index contributed by atoms with van der Waals surface area (Å²) in [6.07, 6.45) is 6.60. The third-order valence-corrected chi connectivity index (χ3v) is 5.60. The van der Waals surface area contributed by atoms with E-state index in [9.17, 15) is 4.79 Å². The first-order valence-electron chi connectivity index (χ1n) is 8.02. The van der Waals surface area contributed by atoms with Crippen molar-refractivity contribution in [2.45, 2.75) is 49.3 Å². The molecule has 0 bridgehead atoms. The molecule has 1 fully saturated rings. The quantitative estimate of drug-likeness (QED) is 0.915. The van der Waals surface area contributed by atoms with E-state index in [1.165, 1.54) is 32.0 Å². The molecule has 1 N–H and O–H groups in total. The van der Waals surface area contributed by atoms with E-state index in [0.29, 0.717) is 11.8 Å². The zero-order chi connectivity index (χ0) is 16.2. The van der Waals surface area contributed by atoms with Crippen LogP contribution in [0.1, 0.15) is 47.4 Å². The number of nitrogens with zero attached hydrogens (tertiary/aromatic N) is 3. The first kappa shape index (κ1) is 16.1. The highest BCUT2D eigenvalue weighted by Crippen LogP contribution is 2.36. The molecule has 3 rings (SSSR count). The number of hydrogen-bond acceptors (Lipinski definition) is 4. The van der Waals surface area contributed by atoms with Crippen LogP contribution in [-0.2, 0) is 13.6 Å². The number of aromatic nitrogens is 3. The van der Waals surface area contributed by atoms with Crippen LogP contribution in [0.4, 0.5) is 0 Å². The second-order valence-electron chi connectivity index (χ2n) is 6.01. The van der Waals surface area contributed by atoms with Gasteiger partial charge < -0.3 is 5.32 Å². The summed E-state index contributed by atoms with van der Waals surface area (Å²) >= 11 is 1.85. The van der Waals surface area contributed by atoms with E-state index in [1.54, 1.807) is 4.68 Å². The average Bonchev–Trinajstić information content (AvgIpc) is 3.18. The van der Waals surface area contributed by atoms with Gasteiger partial charge in [0.05, 0.1) is 12.1 Å². The Morgan fingerprint density at radius 2 is 2.17 bits per heavy atom. The van der Waals surface area contributed by atoms with E-state index in [2.05, 4.69) is 27.5 Å². The van der Waals surface area contributed by atoms with Gasteiger partial charge in [0.15, 0.2) is 0 Å². The molecule has 2 aromatic rings. The first-order valence-corrected chi connectivity index (χ1v) is 8.90. The van der Waals surface area contributed by atoms with Crippen LogP contribution in [0.3, 0.4) is 0 Å². The predicted octanol–water partition coefficient (Wildman–Crippen LogP) is 3.09. The molecule has 1 aromatic heterocycles.